The highest BCUT2D eigenvalue weighted by molar-refractivity contribution is 7.13. The molecule has 2 amide bonds. The first-order valence-corrected chi connectivity index (χ1v) is 10.2. The van der Waals surface area contributed by atoms with Gasteiger partial charge in [0.25, 0.3) is 0 Å². The molecule has 2 aromatic rings. The first-order chi connectivity index (χ1) is 13.3. The molecular weight excluding hydrogens is 364 g/mol. The van der Waals surface area contributed by atoms with E-state index in [2.05, 4.69) is 15.2 Å². The van der Waals surface area contributed by atoms with Gasteiger partial charge >= 0.3 is 6.03 Å². The predicted octanol–water partition coefficient (Wildman–Crippen LogP) is 3.06. The number of benzene rings is 1. The van der Waals surface area contributed by atoms with Crippen LogP contribution in [0.5, 0.6) is 5.75 Å². The van der Waals surface area contributed by atoms with Gasteiger partial charge in [0, 0.05) is 50.1 Å². The average Bonchev–Trinajstić information content (AvgIpc) is 3.42. The van der Waals surface area contributed by atoms with Crippen LogP contribution in [0.25, 0.3) is 0 Å². The molecule has 7 nitrogen and oxygen atoms in total. The highest BCUT2D eigenvalue weighted by Gasteiger charge is 2.22. The maximum absolute atomic E-state index is 12.5. The fourth-order valence-electron chi connectivity index (χ4n) is 3.27. The third kappa shape index (κ3) is 4.70. The molecule has 0 spiro atoms. The van der Waals surface area contributed by atoms with E-state index in [9.17, 15) is 4.79 Å². The SMILES string of the molecule is O=C(Nc1ccc(OCC2CCCO2)cc1)N1CCN(c2nccs2)CC1. The molecule has 1 N–H and O–H groups in total. The molecular formula is C19H24N4O3S. The molecule has 144 valence electrons. The number of amides is 2. The minimum absolute atomic E-state index is 0.0678. The number of nitrogens with zero attached hydrogens (tertiary/aromatic N) is 3. The summed E-state index contributed by atoms with van der Waals surface area (Å²) in [5, 5.41) is 5.96. The Balaban J connectivity index is 1.23. The van der Waals surface area contributed by atoms with Crippen LogP contribution in [0, 0.1) is 0 Å². The van der Waals surface area contributed by atoms with Gasteiger partial charge in [-0.2, -0.15) is 0 Å². The van der Waals surface area contributed by atoms with Crippen LogP contribution >= 0.6 is 11.3 Å². The summed E-state index contributed by atoms with van der Waals surface area (Å²) in [4.78, 5) is 20.9. The van der Waals surface area contributed by atoms with Crippen LogP contribution in [-0.4, -0.2) is 61.4 Å². The highest BCUT2D eigenvalue weighted by atomic mass is 32.1. The lowest BCUT2D eigenvalue weighted by Crippen LogP contribution is -2.50. The van der Waals surface area contributed by atoms with Gasteiger partial charge in [0.2, 0.25) is 0 Å². The number of hydrogen-bond acceptors (Lipinski definition) is 6. The zero-order valence-corrected chi connectivity index (χ0v) is 16.0. The molecule has 0 aliphatic carbocycles. The molecule has 2 saturated heterocycles. The summed E-state index contributed by atoms with van der Waals surface area (Å²) < 4.78 is 11.3. The van der Waals surface area contributed by atoms with Crippen LogP contribution in [0.15, 0.2) is 35.8 Å². The standard InChI is InChI=1S/C19H24N4O3S/c24-18(22-8-10-23(11-9-22)19-20-7-13-27-19)21-15-3-5-16(6-4-15)26-14-17-2-1-12-25-17/h3-7,13,17H,1-2,8-12,14H2,(H,21,24). The van der Waals surface area contributed by atoms with Crippen molar-refractivity contribution in [1.82, 2.24) is 9.88 Å². The maximum Gasteiger partial charge on any atom is 0.321 e. The topological polar surface area (TPSA) is 66.9 Å². The number of hydrogen-bond donors (Lipinski definition) is 1. The fourth-order valence-corrected chi connectivity index (χ4v) is 3.97. The van der Waals surface area contributed by atoms with Gasteiger partial charge in [0.1, 0.15) is 12.4 Å². The van der Waals surface area contributed by atoms with Crippen LogP contribution in [0.3, 0.4) is 0 Å². The number of carbonyl (C=O) groups is 1. The molecule has 27 heavy (non-hydrogen) atoms. The molecule has 1 atom stereocenters. The Morgan fingerprint density at radius 3 is 2.74 bits per heavy atom. The average molecular weight is 388 g/mol. The molecule has 0 radical (unpaired) electrons. The van der Waals surface area contributed by atoms with Gasteiger partial charge in [-0.05, 0) is 37.1 Å². The lowest BCUT2D eigenvalue weighted by atomic mass is 10.2. The predicted molar refractivity (Wildman–Crippen MR) is 106 cm³/mol. The lowest BCUT2D eigenvalue weighted by Gasteiger charge is -2.34. The molecule has 1 aromatic carbocycles. The van der Waals surface area contributed by atoms with Gasteiger partial charge in [-0.15, -0.1) is 11.3 Å². The molecule has 2 fully saturated rings. The van der Waals surface area contributed by atoms with E-state index < -0.39 is 0 Å². The van der Waals surface area contributed by atoms with Crippen LogP contribution in [0.1, 0.15) is 12.8 Å². The second kappa shape index (κ2) is 8.58. The van der Waals surface area contributed by atoms with Gasteiger partial charge in [-0.3, -0.25) is 0 Å². The first-order valence-electron chi connectivity index (χ1n) is 9.33. The Morgan fingerprint density at radius 1 is 1.26 bits per heavy atom. The fraction of sp³-hybridized carbons (Fsp3) is 0.474. The van der Waals surface area contributed by atoms with Crippen molar-refractivity contribution in [1.29, 1.82) is 0 Å². The van der Waals surface area contributed by atoms with Crippen LogP contribution in [0.2, 0.25) is 0 Å². The Labute approximate surface area is 162 Å². The molecule has 0 bridgehead atoms. The number of nitrogens with one attached hydrogen (secondary N) is 1. The zero-order valence-electron chi connectivity index (χ0n) is 15.2. The number of urea groups is 1. The molecule has 4 rings (SSSR count). The van der Waals surface area contributed by atoms with E-state index >= 15 is 0 Å². The number of rotatable bonds is 5. The summed E-state index contributed by atoms with van der Waals surface area (Å²) in [5.74, 6) is 0.792. The van der Waals surface area contributed by atoms with Gasteiger partial charge in [-0.1, -0.05) is 0 Å². The van der Waals surface area contributed by atoms with E-state index in [1.54, 1.807) is 11.3 Å². The Hall–Kier alpha value is -2.32. The van der Waals surface area contributed by atoms with Crippen molar-refractivity contribution in [2.75, 3.05) is 49.6 Å². The lowest BCUT2D eigenvalue weighted by molar-refractivity contribution is 0.0679. The summed E-state index contributed by atoms with van der Waals surface area (Å²) in [6.45, 7) is 4.39. The molecule has 1 unspecified atom stereocenters. The Morgan fingerprint density at radius 2 is 2.07 bits per heavy atom. The van der Waals surface area contributed by atoms with Gasteiger partial charge in [0.15, 0.2) is 5.13 Å². The minimum atomic E-state index is -0.0678. The Bertz CT molecular complexity index is 724. The Kier molecular flexibility index (Phi) is 5.74. The van der Waals surface area contributed by atoms with Crippen LogP contribution in [0.4, 0.5) is 15.6 Å². The third-order valence-electron chi connectivity index (χ3n) is 4.82. The van der Waals surface area contributed by atoms with Gasteiger partial charge in [0.05, 0.1) is 6.10 Å². The second-order valence-corrected chi connectivity index (χ2v) is 7.56. The summed E-state index contributed by atoms with van der Waals surface area (Å²) in [5.41, 5.74) is 0.770. The van der Waals surface area contributed by atoms with Crippen molar-refractivity contribution in [3.8, 4) is 5.75 Å². The van der Waals surface area contributed by atoms with E-state index in [-0.39, 0.29) is 12.1 Å². The van der Waals surface area contributed by atoms with Crippen molar-refractivity contribution in [3.05, 3.63) is 35.8 Å². The van der Waals surface area contributed by atoms with E-state index in [0.29, 0.717) is 19.7 Å². The van der Waals surface area contributed by atoms with Crippen molar-refractivity contribution in [3.63, 3.8) is 0 Å². The van der Waals surface area contributed by atoms with E-state index in [4.69, 9.17) is 9.47 Å². The van der Waals surface area contributed by atoms with Gasteiger partial charge in [-0.25, -0.2) is 9.78 Å². The number of piperazine rings is 1. The van der Waals surface area contributed by atoms with Gasteiger partial charge < -0.3 is 24.6 Å². The number of carbonyl (C=O) groups excluding carboxylic acids is 1. The number of thiazole rings is 1. The summed E-state index contributed by atoms with van der Waals surface area (Å²) >= 11 is 1.63. The number of anilines is 2. The van der Waals surface area contributed by atoms with Crippen molar-refractivity contribution < 1.29 is 14.3 Å². The molecule has 2 aliphatic heterocycles. The molecule has 8 heteroatoms. The normalized spacial score (nSPS) is 19.9. The maximum atomic E-state index is 12.5. The van der Waals surface area contributed by atoms with Crippen LogP contribution < -0.4 is 15.0 Å². The summed E-state index contributed by atoms with van der Waals surface area (Å²) in [6, 6.07) is 7.43. The smallest absolute Gasteiger partial charge is 0.321 e. The number of ether oxygens (including phenoxy) is 2. The molecule has 3 heterocycles. The highest BCUT2D eigenvalue weighted by Crippen LogP contribution is 2.21. The molecule has 2 aliphatic rings. The first kappa shape index (κ1) is 18.1. The third-order valence-corrected chi connectivity index (χ3v) is 5.65. The number of aromatic nitrogens is 1. The largest absolute Gasteiger partial charge is 0.491 e. The monoisotopic (exact) mass is 388 g/mol. The quantitative estimate of drug-likeness (QED) is 0.853. The van der Waals surface area contributed by atoms with E-state index in [1.807, 2.05) is 40.7 Å². The summed E-state index contributed by atoms with van der Waals surface area (Å²) in [6.07, 6.45) is 4.18. The molecule has 1 aromatic heterocycles. The van der Waals surface area contributed by atoms with Crippen molar-refractivity contribution in [2.24, 2.45) is 0 Å². The van der Waals surface area contributed by atoms with Crippen molar-refractivity contribution >= 4 is 28.2 Å². The van der Waals surface area contributed by atoms with E-state index in [1.165, 1.54) is 0 Å². The van der Waals surface area contributed by atoms with Crippen LogP contribution in [-0.2, 0) is 4.74 Å². The molecule has 0 saturated carbocycles. The summed E-state index contributed by atoms with van der Waals surface area (Å²) in [7, 11) is 0. The zero-order chi connectivity index (χ0) is 18.5. The van der Waals surface area contributed by atoms with E-state index in [0.717, 1.165) is 49.1 Å². The van der Waals surface area contributed by atoms with Crippen molar-refractivity contribution in [2.45, 2.75) is 18.9 Å². The second-order valence-electron chi connectivity index (χ2n) is 6.69. The minimum Gasteiger partial charge on any atom is -0.491 e.